The van der Waals surface area contributed by atoms with Gasteiger partial charge in [-0.1, -0.05) is 49.0 Å². The number of carbonyl (C=O) groups excluding carboxylic acids is 1. The van der Waals surface area contributed by atoms with Crippen LogP contribution in [0, 0.1) is 28.6 Å². The van der Waals surface area contributed by atoms with E-state index in [1.807, 2.05) is 37.3 Å². The number of aromatic nitrogens is 1. The van der Waals surface area contributed by atoms with Crippen molar-refractivity contribution in [1.82, 2.24) is 14.8 Å². The molecule has 1 unspecified atom stereocenters. The monoisotopic (exact) mass is 517 g/mol. The summed E-state index contributed by atoms with van der Waals surface area (Å²) in [6.45, 7) is 9.18. The van der Waals surface area contributed by atoms with Gasteiger partial charge < -0.3 is 20.4 Å². The lowest BCUT2D eigenvalue weighted by Gasteiger charge is -2.38. The van der Waals surface area contributed by atoms with Gasteiger partial charge in [-0.2, -0.15) is 10.5 Å². The molecular formula is C28H35N7OS. The summed E-state index contributed by atoms with van der Waals surface area (Å²) in [6, 6.07) is 13.9. The van der Waals surface area contributed by atoms with Crippen molar-refractivity contribution in [2.75, 3.05) is 57.8 Å². The van der Waals surface area contributed by atoms with Crippen molar-refractivity contribution in [3.05, 3.63) is 52.6 Å². The molecule has 2 aliphatic rings. The summed E-state index contributed by atoms with van der Waals surface area (Å²) < 4.78 is 0. The van der Waals surface area contributed by atoms with E-state index in [2.05, 4.69) is 33.9 Å². The Hall–Kier alpha value is -3.11. The number of primary amides is 1. The number of pyridine rings is 1. The molecule has 1 aromatic heterocycles. The number of benzene rings is 1. The zero-order valence-electron chi connectivity index (χ0n) is 21.7. The van der Waals surface area contributed by atoms with Crippen LogP contribution in [0.4, 0.5) is 5.82 Å². The normalized spacial score (nSPS) is 18.2. The molecule has 2 N–H and O–H groups in total. The minimum Gasteiger partial charge on any atom is -0.368 e. The molecule has 0 radical (unpaired) electrons. The summed E-state index contributed by atoms with van der Waals surface area (Å²) in [5, 5.41) is 19.9. The number of likely N-dealkylation sites (N-methyl/N-ethyl adjacent to an activating group) is 1. The highest BCUT2D eigenvalue weighted by Crippen LogP contribution is 2.40. The van der Waals surface area contributed by atoms with Crippen LogP contribution < -0.4 is 10.6 Å². The zero-order chi connectivity index (χ0) is 26.4. The summed E-state index contributed by atoms with van der Waals surface area (Å²) in [5.41, 5.74) is 8.06. The molecule has 0 bridgehead atoms. The minimum atomic E-state index is -0.680. The Kier molecular flexibility index (Phi) is 9.04. The van der Waals surface area contributed by atoms with Crippen LogP contribution >= 0.6 is 11.8 Å². The topological polar surface area (TPSA) is 113 Å². The number of rotatable bonds is 8. The van der Waals surface area contributed by atoms with E-state index in [0.29, 0.717) is 39.9 Å². The highest BCUT2D eigenvalue weighted by atomic mass is 32.2. The van der Waals surface area contributed by atoms with Crippen molar-refractivity contribution in [1.29, 1.82) is 10.5 Å². The van der Waals surface area contributed by atoms with Crippen molar-refractivity contribution in [2.24, 2.45) is 11.7 Å². The summed E-state index contributed by atoms with van der Waals surface area (Å²) >= 11 is 1.20. The number of nitrogens with zero attached hydrogens (tertiary/aromatic N) is 6. The van der Waals surface area contributed by atoms with Gasteiger partial charge in [0, 0.05) is 45.8 Å². The molecule has 9 heteroatoms. The quantitative estimate of drug-likeness (QED) is 0.531. The van der Waals surface area contributed by atoms with E-state index < -0.39 is 11.2 Å². The Labute approximate surface area is 224 Å². The third-order valence-corrected chi connectivity index (χ3v) is 8.70. The molecular weight excluding hydrogens is 482 g/mol. The molecule has 0 saturated carbocycles. The van der Waals surface area contributed by atoms with Gasteiger partial charge in [0.15, 0.2) is 0 Å². The SMILES string of the molecule is CCc1c(C#N)c(SC(C(N)=O)c2ccccc2)nc(N2CCC(CN3CCN(C)CC3)CC2)c1C#N. The first-order valence-corrected chi connectivity index (χ1v) is 13.9. The van der Waals surface area contributed by atoms with Gasteiger partial charge in [0.2, 0.25) is 5.91 Å². The molecule has 1 aromatic carbocycles. The number of hydrogen-bond acceptors (Lipinski definition) is 8. The van der Waals surface area contributed by atoms with E-state index in [0.717, 1.165) is 64.2 Å². The molecule has 37 heavy (non-hydrogen) atoms. The summed E-state index contributed by atoms with van der Waals surface area (Å²) in [6.07, 6.45) is 2.61. The predicted octanol–water partition coefficient (Wildman–Crippen LogP) is 3.17. The fourth-order valence-corrected chi connectivity index (χ4v) is 6.31. The minimum absolute atomic E-state index is 0.361. The third-order valence-electron chi connectivity index (χ3n) is 7.44. The Balaban J connectivity index is 1.58. The van der Waals surface area contributed by atoms with E-state index in [1.165, 1.54) is 11.8 Å². The van der Waals surface area contributed by atoms with Crippen LogP contribution in [0.25, 0.3) is 0 Å². The first-order valence-electron chi connectivity index (χ1n) is 13.0. The van der Waals surface area contributed by atoms with Crippen molar-refractivity contribution in [3.8, 4) is 12.1 Å². The maximum Gasteiger partial charge on any atom is 0.235 e. The summed E-state index contributed by atoms with van der Waals surface area (Å²) in [4.78, 5) is 24.4. The number of amides is 1. The standard InChI is InChI=1S/C28H35N7OS/c1-3-22-23(17-29)27(35-11-9-20(10-12-35)19-34-15-13-33(2)14-16-34)32-28(24(22)18-30)37-25(26(31)36)21-7-5-4-6-8-21/h4-8,20,25H,3,9-16,19H2,1-2H3,(H2,31,36). The number of thioether (sulfide) groups is 1. The van der Waals surface area contributed by atoms with Crippen LogP contribution in [0.15, 0.2) is 35.4 Å². The Bertz CT molecular complexity index is 1170. The molecule has 2 aromatic rings. The second kappa shape index (κ2) is 12.4. The maximum atomic E-state index is 12.4. The van der Waals surface area contributed by atoms with Gasteiger partial charge in [-0.3, -0.25) is 4.79 Å². The molecule has 2 saturated heterocycles. The number of piperidine rings is 1. The molecule has 4 rings (SSSR count). The van der Waals surface area contributed by atoms with Gasteiger partial charge in [0.25, 0.3) is 0 Å². The van der Waals surface area contributed by atoms with Crippen LogP contribution in [0.1, 0.15) is 47.3 Å². The van der Waals surface area contributed by atoms with Crippen LogP contribution in [0.5, 0.6) is 0 Å². The fraction of sp³-hybridized carbons (Fsp3) is 0.500. The molecule has 2 aliphatic heterocycles. The summed E-state index contributed by atoms with van der Waals surface area (Å²) in [7, 11) is 2.18. The Morgan fingerprint density at radius 2 is 1.73 bits per heavy atom. The average Bonchev–Trinajstić information content (AvgIpc) is 2.92. The molecule has 0 spiro atoms. The van der Waals surface area contributed by atoms with Crippen molar-refractivity contribution in [3.63, 3.8) is 0 Å². The second-order valence-electron chi connectivity index (χ2n) is 9.89. The van der Waals surface area contributed by atoms with E-state index in [-0.39, 0.29) is 0 Å². The number of carbonyl (C=O) groups is 1. The van der Waals surface area contributed by atoms with Gasteiger partial charge in [0.05, 0.1) is 11.1 Å². The number of anilines is 1. The molecule has 2 fully saturated rings. The van der Waals surface area contributed by atoms with Crippen molar-refractivity contribution in [2.45, 2.75) is 36.5 Å². The highest BCUT2D eigenvalue weighted by molar-refractivity contribution is 8.00. The van der Waals surface area contributed by atoms with E-state index >= 15 is 0 Å². The molecule has 1 amide bonds. The number of piperazine rings is 1. The molecule has 0 aliphatic carbocycles. The lowest BCUT2D eigenvalue weighted by atomic mass is 9.94. The van der Waals surface area contributed by atoms with Crippen LogP contribution in [-0.2, 0) is 11.2 Å². The number of nitrogens with two attached hydrogens (primary N) is 1. The number of nitriles is 2. The van der Waals surface area contributed by atoms with E-state index in [4.69, 9.17) is 10.7 Å². The van der Waals surface area contributed by atoms with Gasteiger partial charge in [-0.15, -0.1) is 0 Å². The molecule has 8 nitrogen and oxygen atoms in total. The van der Waals surface area contributed by atoms with E-state index in [9.17, 15) is 15.3 Å². The average molecular weight is 518 g/mol. The van der Waals surface area contributed by atoms with Crippen molar-refractivity contribution < 1.29 is 4.79 Å². The second-order valence-corrected chi connectivity index (χ2v) is 11.0. The predicted molar refractivity (Wildman–Crippen MR) is 146 cm³/mol. The van der Waals surface area contributed by atoms with Gasteiger partial charge in [-0.25, -0.2) is 4.98 Å². The Morgan fingerprint density at radius 1 is 1.08 bits per heavy atom. The van der Waals surface area contributed by atoms with E-state index in [1.54, 1.807) is 0 Å². The largest absolute Gasteiger partial charge is 0.368 e. The van der Waals surface area contributed by atoms with Gasteiger partial charge in [-0.05, 0) is 43.4 Å². The zero-order valence-corrected chi connectivity index (χ0v) is 22.5. The first kappa shape index (κ1) is 26.9. The Morgan fingerprint density at radius 3 is 2.30 bits per heavy atom. The summed E-state index contributed by atoms with van der Waals surface area (Å²) in [5.74, 6) is 0.756. The van der Waals surface area contributed by atoms with Crippen molar-refractivity contribution >= 4 is 23.5 Å². The lowest BCUT2D eigenvalue weighted by molar-refractivity contribution is -0.117. The maximum absolute atomic E-state index is 12.4. The third kappa shape index (κ3) is 6.24. The number of hydrogen-bond donors (Lipinski definition) is 1. The highest BCUT2D eigenvalue weighted by Gasteiger charge is 2.30. The molecule has 194 valence electrons. The van der Waals surface area contributed by atoms with Crippen LogP contribution in [0.3, 0.4) is 0 Å². The van der Waals surface area contributed by atoms with Crippen LogP contribution in [0.2, 0.25) is 0 Å². The smallest absolute Gasteiger partial charge is 0.235 e. The van der Waals surface area contributed by atoms with Crippen LogP contribution in [-0.4, -0.2) is 73.6 Å². The molecule has 3 heterocycles. The lowest BCUT2D eigenvalue weighted by Crippen LogP contribution is -2.47. The first-order chi connectivity index (χ1) is 17.9. The molecule has 1 atom stereocenters. The van der Waals surface area contributed by atoms with Gasteiger partial charge >= 0.3 is 0 Å². The fourth-order valence-electron chi connectivity index (χ4n) is 5.25. The van der Waals surface area contributed by atoms with Gasteiger partial charge in [0.1, 0.15) is 28.2 Å².